The summed E-state index contributed by atoms with van der Waals surface area (Å²) in [7, 11) is 0. The summed E-state index contributed by atoms with van der Waals surface area (Å²) < 4.78 is 0. The molecule has 0 unspecified atom stereocenters. The Morgan fingerprint density at radius 1 is 1.09 bits per heavy atom. The summed E-state index contributed by atoms with van der Waals surface area (Å²) in [5, 5.41) is 7.23. The summed E-state index contributed by atoms with van der Waals surface area (Å²) in [5.41, 5.74) is 9.53. The number of anilines is 1. The van der Waals surface area contributed by atoms with Crippen LogP contribution in [0.2, 0.25) is 0 Å². The first-order valence-corrected chi connectivity index (χ1v) is 7.05. The predicted octanol–water partition coefficient (Wildman–Crippen LogP) is 2.38. The van der Waals surface area contributed by atoms with Gasteiger partial charge in [0.15, 0.2) is 5.71 Å². The lowest BCUT2D eigenvalue weighted by Crippen LogP contribution is -2.33. The molecule has 0 saturated heterocycles. The molecule has 3 aromatic rings. The Kier molecular flexibility index (Phi) is 2.72. The van der Waals surface area contributed by atoms with Gasteiger partial charge in [0.05, 0.1) is 12.2 Å². The summed E-state index contributed by atoms with van der Waals surface area (Å²) in [4.78, 5) is 15.3. The molecule has 2 heterocycles. The number of hydrogen-bond donors (Lipinski definition) is 2. The summed E-state index contributed by atoms with van der Waals surface area (Å²) in [6.45, 7) is 0.574. The minimum atomic E-state index is -0.522. The summed E-state index contributed by atoms with van der Waals surface area (Å²) in [6, 6.07) is 17.6. The number of primary amides is 1. The lowest BCUT2D eigenvalue weighted by molar-refractivity contribution is -0.111. The molecule has 5 heteroatoms. The van der Waals surface area contributed by atoms with Crippen molar-refractivity contribution in [1.82, 2.24) is 4.98 Å². The quantitative estimate of drug-likeness (QED) is 0.760. The van der Waals surface area contributed by atoms with Crippen molar-refractivity contribution < 1.29 is 4.79 Å². The largest absolute Gasteiger partial charge is 0.364 e. The minimum absolute atomic E-state index is 0.294. The van der Waals surface area contributed by atoms with Gasteiger partial charge in [0, 0.05) is 22.2 Å². The van der Waals surface area contributed by atoms with Gasteiger partial charge >= 0.3 is 0 Å². The zero-order chi connectivity index (χ0) is 15.1. The molecular formula is C17H14N4O. The second kappa shape index (κ2) is 4.73. The first kappa shape index (κ1) is 12.6. The van der Waals surface area contributed by atoms with Crippen molar-refractivity contribution in [3.8, 4) is 0 Å². The number of benzene rings is 2. The van der Waals surface area contributed by atoms with Crippen molar-refractivity contribution in [2.75, 3.05) is 5.01 Å². The molecule has 1 aliphatic rings. The molecule has 4 rings (SSSR count). The highest BCUT2D eigenvalue weighted by molar-refractivity contribution is 6.47. The molecule has 0 atom stereocenters. The SMILES string of the molecule is NC(=O)C1=NN(c2ccccc2)Cc2[nH]c3ccccc3c21. The van der Waals surface area contributed by atoms with E-state index in [0.29, 0.717) is 12.3 Å². The fraction of sp³-hybridized carbons (Fsp3) is 0.0588. The van der Waals surface area contributed by atoms with E-state index in [1.807, 2.05) is 54.6 Å². The monoisotopic (exact) mass is 290 g/mol. The van der Waals surface area contributed by atoms with Gasteiger partial charge in [-0.05, 0) is 18.2 Å². The maximum absolute atomic E-state index is 11.9. The number of nitrogens with one attached hydrogen (secondary N) is 1. The zero-order valence-corrected chi connectivity index (χ0v) is 11.8. The average Bonchev–Trinajstić information content (AvgIpc) is 2.93. The number of rotatable bonds is 2. The molecule has 0 fully saturated rings. The normalized spacial score (nSPS) is 13.8. The van der Waals surface area contributed by atoms with Crippen LogP contribution in [0.1, 0.15) is 11.3 Å². The average molecular weight is 290 g/mol. The van der Waals surface area contributed by atoms with Gasteiger partial charge < -0.3 is 10.7 Å². The summed E-state index contributed by atoms with van der Waals surface area (Å²) >= 11 is 0. The number of aromatic amines is 1. The number of H-pyrrole nitrogens is 1. The third kappa shape index (κ3) is 1.87. The van der Waals surface area contributed by atoms with E-state index < -0.39 is 5.91 Å². The van der Waals surface area contributed by atoms with E-state index in [1.54, 1.807) is 5.01 Å². The van der Waals surface area contributed by atoms with Crippen LogP contribution < -0.4 is 10.7 Å². The molecular weight excluding hydrogens is 276 g/mol. The fourth-order valence-electron chi connectivity index (χ4n) is 2.86. The zero-order valence-electron chi connectivity index (χ0n) is 11.8. The minimum Gasteiger partial charge on any atom is -0.364 e. The number of aromatic nitrogens is 1. The number of nitrogens with two attached hydrogens (primary N) is 1. The highest BCUT2D eigenvalue weighted by atomic mass is 16.1. The van der Waals surface area contributed by atoms with Crippen molar-refractivity contribution in [2.45, 2.75) is 6.54 Å². The fourth-order valence-corrected chi connectivity index (χ4v) is 2.86. The Balaban J connectivity index is 1.91. The molecule has 108 valence electrons. The topological polar surface area (TPSA) is 74.5 Å². The van der Waals surface area contributed by atoms with Crippen molar-refractivity contribution in [1.29, 1.82) is 0 Å². The van der Waals surface area contributed by atoms with Crippen LogP contribution in [-0.2, 0) is 11.3 Å². The highest BCUT2D eigenvalue weighted by Gasteiger charge is 2.27. The Bertz CT molecular complexity index is 895. The van der Waals surface area contributed by atoms with Crippen molar-refractivity contribution in [2.24, 2.45) is 10.8 Å². The number of hydrazone groups is 1. The van der Waals surface area contributed by atoms with E-state index in [4.69, 9.17) is 5.73 Å². The van der Waals surface area contributed by atoms with Gasteiger partial charge in [0.1, 0.15) is 0 Å². The van der Waals surface area contributed by atoms with Crippen LogP contribution in [0, 0.1) is 0 Å². The molecule has 1 aliphatic heterocycles. The summed E-state index contributed by atoms with van der Waals surface area (Å²) in [5.74, 6) is -0.522. The predicted molar refractivity (Wildman–Crippen MR) is 86.7 cm³/mol. The van der Waals surface area contributed by atoms with Gasteiger partial charge in [-0.1, -0.05) is 36.4 Å². The standard InChI is InChI=1S/C17H14N4O/c18-17(22)16-15-12-8-4-5-9-13(12)19-14(15)10-21(20-16)11-6-2-1-3-7-11/h1-9,19H,10H2,(H2,18,22). The van der Waals surface area contributed by atoms with Gasteiger partial charge in [-0.25, -0.2) is 0 Å². The number of amides is 1. The third-order valence-corrected chi connectivity index (χ3v) is 3.84. The molecule has 0 saturated carbocycles. The number of hydrogen-bond acceptors (Lipinski definition) is 3. The molecule has 0 aliphatic carbocycles. The third-order valence-electron chi connectivity index (χ3n) is 3.84. The van der Waals surface area contributed by atoms with Gasteiger partial charge in [0.25, 0.3) is 5.91 Å². The van der Waals surface area contributed by atoms with Crippen LogP contribution in [0.4, 0.5) is 5.69 Å². The highest BCUT2D eigenvalue weighted by Crippen LogP contribution is 2.29. The van der Waals surface area contributed by atoms with Gasteiger partial charge in [-0.15, -0.1) is 0 Å². The first-order chi connectivity index (χ1) is 10.7. The molecule has 3 N–H and O–H groups in total. The Morgan fingerprint density at radius 3 is 2.59 bits per heavy atom. The lowest BCUT2D eigenvalue weighted by atomic mass is 10.0. The number of para-hydroxylation sites is 2. The molecule has 0 radical (unpaired) electrons. The number of carbonyl (C=O) groups excluding carboxylic acids is 1. The van der Waals surface area contributed by atoms with Crippen LogP contribution in [-0.4, -0.2) is 16.6 Å². The molecule has 5 nitrogen and oxygen atoms in total. The van der Waals surface area contributed by atoms with Crippen molar-refractivity contribution in [3.05, 3.63) is 65.9 Å². The molecule has 0 spiro atoms. The molecule has 1 amide bonds. The molecule has 1 aromatic heterocycles. The van der Waals surface area contributed by atoms with Gasteiger partial charge in [-0.3, -0.25) is 9.80 Å². The molecule has 0 bridgehead atoms. The molecule has 2 aromatic carbocycles. The first-order valence-electron chi connectivity index (χ1n) is 7.05. The van der Waals surface area contributed by atoms with E-state index in [9.17, 15) is 4.79 Å². The van der Waals surface area contributed by atoms with Crippen molar-refractivity contribution >= 4 is 28.2 Å². The Hall–Kier alpha value is -3.08. The second-order valence-corrected chi connectivity index (χ2v) is 5.23. The van der Waals surface area contributed by atoms with Crippen LogP contribution in [0.3, 0.4) is 0 Å². The van der Waals surface area contributed by atoms with Gasteiger partial charge in [0.2, 0.25) is 0 Å². The van der Waals surface area contributed by atoms with Crippen LogP contribution in [0.15, 0.2) is 59.7 Å². The van der Waals surface area contributed by atoms with E-state index in [2.05, 4.69) is 10.1 Å². The second-order valence-electron chi connectivity index (χ2n) is 5.23. The maximum atomic E-state index is 11.9. The van der Waals surface area contributed by atoms with E-state index >= 15 is 0 Å². The van der Waals surface area contributed by atoms with Gasteiger partial charge in [-0.2, -0.15) is 5.10 Å². The van der Waals surface area contributed by atoms with E-state index in [1.165, 1.54) is 0 Å². The van der Waals surface area contributed by atoms with Crippen molar-refractivity contribution in [3.63, 3.8) is 0 Å². The van der Waals surface area contributed by atoms with Crippen LogP contribution in [0.25, 0.3) is 10.9 Å². The number of carbonyl (C=O) groups is 1. The van der Waals surface area contributed by atoms with Crippen LogP contribution in [0.5, 0.6) is 0 Å². The van der Waals surface area contributed by atoms with Crippen LogP contribution >= 0.6 is 0 Å². The Labute approximate surface area is 127 Å². The number of fused-ring (bicyclic) bond motifs is 3. The summed E-state index contributed by atoms with van der Waals surface area (Å²) in [6.07, 6.45) is 0. The molecule has 22 heavy (non-hydrogen) atoms. The van der Waals surface area contributed by atoms with E-state index in [0.717, 1.165) is 27.8 Å². The number of nitrogens with zero attached hydrogens (tertiary/aromatic N) is 2. The smallest absolute Gasteiger partial charge is 0.269 e. The lowest BCUT2D eigenvalue weighted by Gasteiger charge is -2.24. The maximum Gasteiger partial charge on any atom is 0.269 e. The van der Waals surface area contributed by atoms with E-state index in [-0.39, 0.29) is 0 Å². The Morgan fingerprint density at radius 2 is 1.82 bits per heavy atom.